The van der Waals surface area contributed by atoms with Crippen molar-refractivity contribution in [3.8, 4) is 11.6 Å². The molecule has 0 aliphatic carbocycles. The van der Waals surface area contributed by atoms with Crippen LogP contribution in [0.1, 0.15) is 21.5 Å². The minimum Gasteiger partial charge on any atom is -0.437 e. The zero-order valence-electron chi connectivity index (χ0n) is 14.3. The van der Waals surface area contributed by atoms with E-state index in [0.717, 1.165) is 6.07 Å². The lowest BCUT2D eigenvalue weighted by atomic mass is 10.1. The summed E-state index contributed by atoms with van der Waals surface area (Å²) < 4.78 is 43.8. The van der Waals surface area contributed by atoms with Crippen LogP contribution in [-0.4, -0.2) is 10.8 Å². The van der Waals surface area contributed by atoms with Gasteiger partial charge in [0.05, 0.1) is 5.56 Å². The number of allylic oxidation sites excluding steroid dienone is 1. The summed E-state index contributed by atoms with van der Waals surface area (Å²) in [6, 6.07) is 16.2. The highest BCUT2D eigenvalue weighted by Gasteiger charge is 2.31. The number of hydrogen-bond acceptors (Lipinski definition) is 3. The number of ether oxygens (including phenoxy) is 1. The minimum absolute atomic E-state index is 0.162. The van der Waals surface area contributed by atoms with Gasteiger partial charge in [-0.3, -0.25) is 4.79 Å². The first kappa shape index (κ1) is 19.6. The van der Waals surface area contributed by atoms with E-state index in [0.29, 0.717) is 23.1 Å². The number of benzene rings is 2. The van der Waals surface area contributed by atoms with Crippen molar-refractivity contribution < 1.29 is 22.7 Å². The number of halogens is 4. The van der Waals surface area contributed by atoms with E-state index in [1.54, 1.807) is 54.6 Å². The molecular weight excluding hydrogens is 391 g/mol. The maximum absolute atomic E-state index is 12.7. The second kappa shape index (κ2) is 8.27. The molecule has 3 aromatic rings. The van der Waals surface area contributed by atoms with Crippen molar-refractivity contribution in [3.63, 3.8) is 0 Å². The number of hydrogen-bond donors (Lipinski definition) is 0. The van der Waals surface area contributed by atoms with Gasteiger partial charge in [-0.1, -0.05) is 60.1 Å². The molecule has 0 saturated carbocycles. The SMILES string of the molecule is O=C(/C=C/c1ccccc1Oc1ncc(C(F)(F)F)cc1Cl)c1ccccc1. The van der Waals surface area contributed by atoms with Gasteiger partial charge < -0.3 is 4.74 Å². The topological polar surface area (TPSA) is 39.2 Å². The minimum atomic E-state index is -4.55. The zero-order valence-corrected chi connectivity index (χ0v) is 15.0. The fraction of sp³-hybridized carbons (Fsp3) is 0.0476. The monoisotopic (exact) mass is 403 g/mol. The van der Waals surface area contributed by atoms with Gasteiger partial charge >= 0.3 is 6.18 Å². The first-order valence-electron chi connectivity index (χ1n) is 8.11. The van der Waals surface area contributed by atoms with E-state index in [9.17, 15) is 18.0 Å². The number of para-hydroxylation sites is 1. The van der Waals surface area contributed by atoms with Crippen LogP contribution in [0, 0.1) is 0 Å². The van der Waals surface area contributed by atoms with Gasteiger partial charge in [0, 0.05) is 17.3 Å². The summed E-state index contributed by atoms with van der Waals surface area (Å²) in [7, 11) is 0. The van der Waals surface area contributed by atoms with Crippen molar-refractivity contribution in [2.45, 2.75) is 6.18 Å². The van der Waals surface area contributed by atoms with Crippen LogP contribution >= 0.6 is 11.6 Å². The van der Waals surface area contributed by atoms with Crippen LogP contribution in [0.3, 0.4) is 0 Å². The Morgan fingerprint density at radius 1 is 1.04 bits per heavy atom. The highest BCUT2D eigenvalue weighted by molar-refractivity contribution is 6.31. The number of aromatic nitrogens is 1. The van der Waals surface area contributed by atoms with Gasteiger partial charge in [0.1, 0.15) is 10.8 Å². The molecule has 7 heteroatoms. The number of pyridine rings is 1. The van der Waals surface area contributed by atoms with Crippen molar-refractivity contribution in [1.29, 1.82) is 0 Å². The summed E-state index contributed by atoms with van der Waals surface area (Å²) in [5.74, 6) is -0.0558. The summed E-state index contributed by atoms with van der Waals surface area (Å²) >= 11 is 5.89. The highest BCUT2D eigenvalue weighted by Crippen LogP contribution is 2.35. The zero-order chi connectivity index (χ0) is 20.1. The summed E-state index contributed by atoms with van der Waals surface area (Å²) in [6.07, 6.45) is -0.950. The molecule has 142 valence electrons. The van der Waals surface area contributed by atoms with Crippen molar-refractivity contribution in [2.24, 2.45) is 0 Å². The smallest absolute Gasteiger partial charge is 0.417 e. The summed E-state index contributed by atoms with van der Waals surface area (Å²) in [5, 5.41) is -0.269. The first-order valence-corrected chi connectivity index (χ1v) is 8.49. The molecule has 0 radical (unpaired) electrons. The summed E-state index contributed by atoms with van der Waals surface area (Å²) in [6.45, 7) is 0. The van der Waals surface area contributed by atoms with E-state index in [2.05, 4.69) is 4.98 Å². The second-order valence-corrected chi connectivity index (χ2v) is 6.12. The van der Waals surface area contributed by atoms with Crippen LogP contribution in [0.15, 0.2) is 72.9 Å². The van der Waals surface area contributed by atoms with Crippen LogP contribution in [0.4, 0.5) is 13.2 Å². The lowest BCUT2D eigenvalue weighted by Gasteiger charge is -2.11. The van der Waals surface area contributed by atoms with Crippen molar-refractivity contribution in [2.75, 3.05) is 0 Å². The molecule has 0 fully saturated rings. The molecule has 28 heavy (non-hydrogen) atoms. The molecule has 3 rings (SSSR count). The van der Waals surface area contributed by atoms with Gasteiger partial charge in [-0.2, -0.15) is 13.2 Å². The number of carbonyl (C=O) groups excluding carboxylic acids is 1. The van der Waals surface area contributed by atoms with Crippen LogP contribution < -0.4 is 4.74 Å². The molecule has 0 saturated heterocycles. The van der Waals surface area contributed by atoms with Crippen LogP contribution in [0.25, 0.3) is 6.08 Å². The Bertz CT molecular complexity index is 1020. The average molecular weight is 404 g/mol. The first-order chi connectivity index (χ1) is 13.3. The molecule has 0 atom stereocenters. The number of ketones is 1. The molecule has 1 heterocycles. The van der Waals surface area contributed by atoms with Gasteiger partial charge in [-0.15, -0.1) is 0 Å². The van der Waals surface area contributed by atoms with Crippen molar-refractivity contribution in [1.82, 2.24) is 4.98 Å². The van der Waals surface area contributed by atoms with Gasteiger partial charge in [-0.25, -0.2) is 4.98 Å². The molecule has 1 aromatic heterocycles. The number of carbonyl (C=O) groups is 1. The van der Waals surface area contributed by atoms with Crippen LogP contribution in [-0.2, 0) is 6.18 Å². The standard InChI is InChI=1S/C21H13ClF3NO2/c22-17-12-16(21(23,24)25)13-26-20(17)28-19-9-5-4-8-15(19)10-11-18(27)14-6-2-1-3-7-14/h1-13H/b11-10+. The third-order valence-corrected chi connectivity index (χ3v) is 4.00. The Kier molecular flexibility index (Phi) is 5.80. The second-order valence-electron chi connectivity index (χ2n) is 5.71. The Balaban J connectivity index is 1.83. The molecule has 0 aliphatic heterocycles. The van der Waals surface area contributed by atoms with Gasteiger partial charge in [-0.05, 0) is 24.3 Å². The van der Waals surface area contributed by atoms with Gasteiger partial charge in [0.25, 0.3) is 0 Å². The number of rotatable bonds is 5. The fourth-order valence-electron chi connectivity index (χ4n) is 2.33. The summed E-state index contributed by atoms with van der Waals surface area (Å²) in [5.41, 5.74) is 0.112. The van der Waals surface area contributed by atoms with E-state index in [4.69, 9.17) is 16.3 Å². The molecule has 0 unspecified atom stereocenters. The summed E-state index contributed by atoms with van der Waals surface area (Å²) in [4.78, 5) is 15.9. The average Bonchev–Trinajstić information content (AvgIpc) is 2.68. The third kappa shape index (κ3) is 4.78. The molecule has 0 bridgehead atoms. The molecule has 0 spiro atoms. The van der Waals surface area contributed by atoms with E-state index >= 15 is 0 Å². The number of alkyl halides is 3. The van der Waals surface area contributed by atoms with E-state index in [1.165, 1.54) is 6.08 Å². The lowest BCUT2D eigenvalue weighted by molar-refractivity contribution is -0.137. The fourth-order valence-corrected chi connectivity index (χ4v) is 2.54. The Morgan fingerprint density at radius 3 is 2.39 bits per heavy atom. The van der Waals surface area contributed by atoms with E-state index in [-0.39, 0.29) is 16.7 Å². The Hall–Kier alpha value is -3.12. The third-order valence-electron chi connectivity index (χ3n) is 3.73. The lowest BCUT2D eigenvalue weighted by Crippen LogP contribution is -2.05. The quantitative estimate of drug-likeness (QED) is 0.363. The van der Waals surface area contributed by atoms with E-state index in [1.807, 2.05) is 6.07 Å². The van der Waals surface area contributed by atoms with Gasteiger partial charge in [0.15, 0.2) is 5.78 Å². The molecule has 0 N–H and O–H groups in total. The van der Waals surface area contributed by atoms with Crippen molar-refractivity contribution >= 4 is 23.5 Å². The molecule has 2 aromatic carbocycles. The number of nitrogens with zero attached hydrogens (tertiary/aromatic N) is 1. The van der Waals surface area contributed by atoms with E-state index < -0.39 is 11.7 Å². The van der Waals surface area contributed by atoms with Crippen molar-refractivity contribution in [3.05, 3.63) is 94.6 Å². The highest BCUT2D eigenvalue weighted by atomic mass is 35.5. The van der Waals surface area contributed by atoms with Crippen LogP contribution in [0.5, 0.6) is 11.6 Å². The maximum atomic E-state index is 12.7. The normalized spacial score (nSPS) is 11.6. The molecule has 3 nitrogen and oxygen atoms in total. The van der Waals surface area contributed by atoms with Gasteiger partial charge in [0.2, 0.25) is 5.88 Å². The maximum Gasteiger partial charge on any atom is 0.417 e. The Morgan fingerprint density at radius 2 is 1.71 bits per heavy atom. The largest absolute Gasteiger partial charge is 0.437 e. The van der Waals surface area contributed by atoms with Crippen LogP contribution in [0.2, 0.25) is 5.02 Å². The molecule has 0 amide bonds. The molecular formula is C21H13ClF3NO2. The predicted molar refractivity (Wildman–Crippen MR) is 101 cm³/mol. The predicted octanol–water partition coefficient (Wildman–Crippen LogP) is 6.44. The molecule has 0 aliphatic rings. The Labute approximate surface area is 164 Å².